The molecule has 1 aliphatic rings. The molecule has 1 aromatic heterocycles. The van der Waals surface area contributed by atoms with Crippen LogP contribution in [0.4, 0.5) is 14.6 Å². The van der Waals surface area contributed by atoms with E-state index in [1.165, 1.54) is 6.07 Å². The molecule has 3 N–H and O–H groups in total. The van der Waals surface area contributed by atoms with Crippen molar-refractivity contribution >= 4 is 5.82 Å². The highest BCUT2D eigenvalue weighted by Crippen LogP contribution is 2.34. The first-order chi connectivity index (χ1) is 12.9. The number of nitriles is 1. The fourth-order valence-corrected chi connectivity index (χ4v) is 3.37. The minimum Gasteiger partial charge on any atom is -0.390 e. The maximum Gasteiger partial charge on any atom is 0.153 e. The molecule has 0 spiro atoms. The zero-order valence-electron chi connectivity index (χ0n) is 15.0. The Labute approximate surface area is 156 Å². The van der Waals surface area contributed by atoms with Crippen molar-refractivity contribution < 1.29 is 13.9 Å². The van der Waals surface area contributed by atoms with E-state index < -0.39 is 23.7 Å². The van der Waals surface area contributed by atoms with E-state index >= 15 is 0 Å². The molecule has 1 fully saturated rings. The van der Waals surface area contributed by atoms with E-state index in [1.807, 2.05) is 4.90 Å². The minimum absolute atomic E-state index is 0.0729. The van der Waals surface area contributed by atoms with Crippen LogP contribution in [0.15, 0.2) is 18.2 Å². The third kappa shape index (κ3) is 3.48. The molecular weight excluding hydrogens is 352 g/mol. The summed E-state index contributed by atoms with van der Waals surface area (Å²) < 4.78 is 28.3. The highest BCUT2D eigenvalue weighted by Gasteiger charge is 2.35. The van der Waals surface area contributed by atoms with Crippen molar-refractivity contribution in [3.63, 3.8) is 0 Å². The predicted octanol–water partition coefficient (Wildman–Crippen LogP) is 2.29. The summed E-state index contributed by atoms with van der Waals surface area (Å²) in [4.78, 5) is 10.7. The van der Waals surface area contributed by atoms with Gasteiger partial charge in [-0.25, -0.2) is 18.7 Å². The predicted molar refractivity (Wildman–Crippen MR) is 96.6 cm³/mol. The van der Waals surface area contributed by atoms with Gasteiger partial charge < -0.3 is 15.7 Å². The van der Waals surface area contributed by atoms with Crippen LogP contribution in [0.2, 0.25) is 0 Å². The van der Waals surface area contributed by atoms with Crippen molar-refractivity contribution in [2.45, 2.75) is 26.4 Å². The average molecular weight is 373 g/mol. The van der Waals surface area contributed by atoms with Crippen LogP contribution in [0, 0.1) is 35.3 Å². The number of aliphatic hydroxyl groups excluding tert-OH is 1. The minimum atomic E-state index is -0.733. The lowest BCUT2D eigenvalue weighted by molar-refractivity contribution is 0.274. The lowest BCUT2D eigenvalue weighted by atomic mass is 9.80. The van der Waals surface area contributed by atoms with Crippen molar-refractivity contribution in [2.75, 3.05) is 24.5 Å². The number of hydrogen-bond acceptors (Lipinski definition) is 6. The molecule has 1 saturated heterocycles. The summed E-state index contributed by atoms with van der Waals surface area (Å²) in [6.45, 7) is 2.59. The first-order valence-corrected chi connectivity index (χ1v) is 8.73. The summed E-state index contributed by atoms with van der Waals surface area (Å²) in [5, 5.41) is 19.1. The second-order valence-electron chi connectivity index (χ2n) is 6.77. The van der Waals surface area contributed by atoms with Gasteiger partial charge in [0.25, 0.3) is 0 Å². The zero-order chi connectivity index (χ0) is 19.6. The SMILES string of the molecule is Cc1nc(N2CCC(C#N)(CN)CC2)c(CO)nc1-c1c(F)cccc1F. The van der Waals surface area contributed by atoms with E-state index in [0.717, 1.165) is 12.1 Å². The molecule has 142 valence electrons. The van der Waals surface area contributed by atoms with Gasteiger partial charge in [-0.2, -0.15) is 5.26 Å². The van der Waals surface area contributed by atoms with E-state index in [4.69, 9.17) is 5.73 Å². The number of aliphatic hydroxyl groups is 1. The maximum atomic E-state index is 14.1. The quantitative estimate of drug-likeness (QED) is 0.853. The van der Waals surface area contributed by atoms with Gasteiger partial charge >= 0.3 is 0 Å². The molecule has 27 heavy (non-hydrogen) atoms. The van der Waals surface area contributed by atoms with Crippen LogP contribution in [0.5, 0.6) is 0 Å². The third-order valence-corrected chi connectivity index (χ3v) is 5.12. The molecule has 2 heterocycles. The van der Waals surface area contributed by atoms with Gasteiger partial charge in [0.2, 0.25) is 0 Å². The standard InChI is InChI=1S/C19H21F2N5O/c1-12-17(16-13(20)3-2-4-14(16)21)25-15(9-27)18(24-12)26-7-5-19(10-22,11-23)6-8-26/h2-4,27H,5-10,22H2,1H3. The topological polar surface area (TPSA) is 99.1 Å². The van der Waals surface area contributed by atoms with Crippen molar-refractivity contribution in [1.29, 1.82) is 5.26 Å². The monoisotopic (exact) mass is 373 g/mol. The normalized spacial score (nSPS) is 16.2. The Bertz CT molecular complexity index is 868. The van der Waals surface area contributed by atoms with Crippen LogP contribution >= 0.6 is 0 Å². The van der Waals surface area contributed by atoms with Gasteiger partial charge in [0.05, 0.1) is 35.0 Å². The molecule has 0 saturated carbocycles. The maximum absolute atomic E-state index is 14.1. The molecule has 8 heteroatoms. The Morgan fingerprint density at radius 1 is 1.26 bits per heavy atom. The number of halogens is 2. The molecule has 2 aromatic rings. The number of anilines is 1. The van der Waals surface area contributed by atoms with Crippen LogP contribution in [0.1, 0.15) is 24.2 Å². The van der Waals surface area contributed by atoms with Crippen molar-refractivity contribution in [3.05, 3.63) is 41.2 Å². The molecule has 0 aliphatic carbocycles. The van der Waals surface area contributed by atoms with Gasteiger partial charge in [-0.3, -0.25) is 0 Å². The zero-order valence-corrected chi connectivity index (χ0v) is 15.0. The third-order valence-electron chi connectivity index (χ3n) is 5.12. The smallest absolute Gasteiger partial charge is 0.153 e. The van der Waals surface area contributed by atoms with E-state index in [9.17, 15) is 19.1 Å². The molecule has 1 aromatic carbocycles. The van der Waals surface area contributed by atoms with Crippen LogP contribution in [-0.4, -0.2) is 34.7 Å². The van der Waals surface area contributed by atoms with Crippen LogP contribution in [-0.2, 0) is 6.61 Å². The average Bonchev–Trinajstić information content (AvgIpc) is 2.69. The molecule has 1 aliphatic heterocycles. The summed E-state index contributed by atoms with van der Waals surface area (Å²) in [6.07, 6.45) is 1.16. The summed E-state index contributed by atoms with van der Waals surface area (Å²) in [6, 6.07) is 5.90. The number of piperidine rings is 1. The van der Waals surface area contributed by atoms with Crippen LogP contribution < -0.4 is 10.6 Å². The van der Waals surface area contributed by atoms with Gasteiger partial charge in [0.15, 0.2) is 5.82 Å². The second-order valence-corrected chi connectivity index (χ2v) is 6.77. The van der Waals surface area contributed by atoms with Gasteiger partial charge in [0.1, 0.15) is 17.3 Å². The Kier molecular flexibility index (Phi) is 5.35. The number of hydrogen-bond donors (Lipinski definition) is 2. The van der Waals surface area contributed by atoms with Crippen LogP contribution in [0.3, 0.4) is 0 Å². The Hall–Kier alpha value is -2.63. The van der Waals surface area contributed by atoms with Gasteiger partial charge in [-0.05, 0) is 31.9 Å². The Morgan fingerprint density at radius 3 is 2.41 bits per heavy atom. The summed E-state index contributed by atoms with van der Waals surface area (Å²) >= 11 is 0. The van der Waals surface area contributed by atoms with Crippen molar-refractivity contribution in [1.82, 2.24) is 9.97 Å². The van der Waals surface area contributed by atoms with Crippen molar-refractivity contribution in [2.24, 2.45) is 11.1 Å². The van der Waals surface area contributed by atoms with E-state index in [-0.39, 0.29) is 17.0 Å². The van der Waals surface area contributed by atoms with E-state index in [1.54, 1.807) is 6.92 Å². The Morgan fingerprint density at radius 2 is 1.89 bits per heavy atom. The molecule has 3 rings (SSSR count). The van der Waals surface area contributed by atoms with Gasteiger partial charge in [0, 0.05) is 19.6 Å². The van der Waals surface area contributed by atoms with E-state index in [2.05, 4.69) is 16.0 Å². The number of nitrogens with two attached hydrogens (primary N) is 1. The fraction of sp³-hybridized carbons (Fsp3) is 0.421. The first-order valence-electron chi connectivity index (χ1n) is 8.73. The molecule has 6 nitrogen and oxygen atoms in total. The molecular formula is C19H21F2N5O. The summed E-state index contributed by atoms with van der Waals surface area (Å²) in [5.74, 6) is -0.994. The molecule has 0 radical (unpaired) electrons. The van der Waals surface area contributed by atoms with E-state index in [0.29, 0.717) is 44.0 Å². The lowest BCUT2D eigenvalue weighted by Crippen LogP contribution is -2.44. The van der Waals surface area contributed by atoms with Gasteiger partial charge in [-0.15, -0.1) is 0 Å². The molecule has 0 amide bonds. The number of benzene rings is 1. The first kappa shape index (κ1) is 19.1. The Balaban J connectivity index is 1.98. The largest absolute Gasteiger partial charge is 0.390 e. The highest BCUT2D eigenvalue weighted by molar-refractivity contribution is 5.65. The molecule has 0 atom stereocenters. The number of nitrogens with zero attached hydrogens (tertiary/aromatic N) is 4. The highest BCUT2D eigenvalue weighted by atomic mass is 19.1. The summed E-state index contributed by atoms with van der Waals surface area (Å²) in [7, 11) is 0. The number of aryl methyl sites for hydroxylation is 1. The molecule has 0 bridgehead atoms. The second kappa shape index (κ2) is 7.55. The number of aromatic nitrogens is 2. The number of rotatable bonds is 4. The molecule has 0 unspecified atom stereocenters. The fourth-order valence-electron chi connectivity index (χ4n) is 3.37. The van der Waals surface area contributed by atoms with Gasteiger partial charge in [-0.1, -0.05) is 6.07 Å². The summed E-state index contributed by atoms with van der Waals surface area (Å²) in [5.41, 5.74) is 5.62. The van der Waals surface area contributed by atoms with Crippen molar-refractivity contribution in [3.8, 4) is 17.3 Å². The lowest BCUT2D eigenvalue weighted by Gasteiger charge is -2.37. The van der Waals surface area contributed by atoms with Crippen LogP contribution in [0.25, 0.3) is 11.3 Å².